The van der Waals surface area contributed by atoms with Crippen molar-refractivity contribution in [2.45, 2.75) is 50.7 Å². The molecule has 0 amide bonds. The number of aromatic nitrogens is 4. The van der Waals surface area contributed by atoms with Crippen LogP contribution in [0.5, 0.6) is 0 Å². The summed E-state index contributed by atoms with van der Waals surface area (Å²) < 4.78 is 1.91. The van der Waals surface area contributed by atoms with E-state index in [9.17, 15) is 5.11 Å². The Labute approximate surface area is 123 Å². The van der Waals surface area contributed by atoms with Crippen molar-refractivity contribution in [3.8, 4) is 0 Å². The van der Waals surface area contributed by atoms with Crippen molar-refractivity contribution in [3.05, 3.63) is 18.7 Å². The lowest BCUT2D eigenvalue weighted by Crippen LogP contribution is -2.43. The molecular formula is C15H21N5O. The minimum atomic E-state index is -0.165. The largest absolute Gasteiger partial charge is 0.393 e. The average Bonchev–Trinajstić information content (AvgIpc) is 3.16. The van der Waals surface area contributed by atoms with Crippen molar-refractivity contribution >= 4 is 11.5 Å². The zero-order chi connectivity index (χ0) is 14.2. The molecule has 1 N–H and O–H groups in total. The summed E-state index contributed by atoms with van der Waals surface area (Å²) in [5.74, 6) is 1.28. The van der Waals surface area contributed by atoms with Crippen molar-refractivity contribution in [1.82, 2.24) is 19.6 Å². The first-order valence-electron chi connectivity index (χ1n) is 7.93. The van der Waals surface area contributed by atoms with Gasteiger partial charge in [0.1, 0.15) is 6.33 Å². The van der Waals surface area contributed by atoms with Crippen LogP contribution >= 0.6 is 0 Å². The molecule has 4 rings (SSSR count). The molecule has 1 aliphatic carbocycles. The van der Waals surface area contributed by atoms with Crippen LogP contribution in [0.1, 0.15) is 38.5 Å². The molecule has 0 radical (unpaired) electrons. The maximum absolute atomic E-state index is 10.4. The molecule has 2 aromatic heterocycles. The molecule has 0 bridgehead atoms. The molecule has 6 nitrogen and oxygen atoms in total. The molecule has 2 aliphatic rings. The summed E-state index contributed by atoms with van der Waals surface area (Å²) in [6.45, 7) is 0.993. The Morgan fingerprint density at radius 1 is 1.14 bits per heavy atom. The second-order valence-corrected chi connectivity index (χ2v) is 6.23. The lowest BCUT2D eigenvalue weighted by atomic mass is 9.80. The van der Waals surface area contributed by atoms with E-state index >= 15 is 0 Å². The first-order chi connectivity index (χ1) is 10.3. The lowest BCUT2D eigenvalue weighted by Gasteiger charge is -2.37. The van der Waals surface area contributed by atoms with E-state index in [0.29, 0.717) is 12.0 Å². The fraction of sp³-hybridized carbons (Fsp3) is 0.667. The molecule has 2 fully saturated rings. The third kappa shape index (κ3) is 2.18. The smallest absolute Gasteiger partial charge is 0.203 e. The van der Waals surface area contributed by atoms with E-state index in [1.54, 1.807) is 12.5 Å². The highest BCUT2D eigenvalue weighted by molar-refractivity contribution is 5.64. The standard InChI is InChI=1S/C15H21N5O/c21-13-6-2-1-4-11(13)12-5-3-8-20(12)14-15-18-17-10-19(15)9-7-16-14/h7,9-13,21H,1-6,8H2/t11-,12+,13+/m0/s1. The summed E-state index contributed by atoms with van der Waals surface area (Å²) in [6.07, 6.45) is 12.0. The van der Waals surface area contributed by atoms with E-state index in [0.717, 1.165) is 50.1 Å². The second kappa shape index (κ2) is 5.26. The highest BCUT2D eigenvalue weighted by atomic mass is 16.3. The van der Waals surface area contributed by atoms with Crippen LogP contribution in [0.4, 0.5) is 5.82 Å². The van der Waals surface area contributed by atoms with Crippen LogP contribution in [-0.4, -0.2) is 43.4 Å². The number of anilines is 1. The topological polar surface area (TPSA) is 66.5 Å². The summed E-state index contributed by atoms with van der Waals surface area (Å²) in [5.41, 5.74) is 0.815. The molecule has 0 aromatic carbocycles. The van der Waals surface area contributed by atoms with E-state index < -0.39 is 0 Å². The number of hydrogen-bond acceptors (Lipinski definition) is 5. The van der Waals surface area contributed by atoms with Crippen LogP contribution in [-0.2, 0) is 0 Å². The molecular weight excluding hydrogens is 266 g/mol. The normalized spacial score (nSPS) is 30.1. The molecule has 1 aliphatic heterocycles. The predicted octanol–water partition coefficient (Wildman–Crippen LogP) is 1.64. The van der Waals surface area contributed by atoms with Gasteiger partial charge in [-0.3, -0.25) is 4.40 Å². The van der Waals surface area contributed by atoms with Crippen LogP contribution in [0.2, 0.25) is 0 Å². The van der Waals surface area contributed by atoms with E-state index in [1.165, 1.54) is 6.42 Å². The Hall–Kier alpha value is -1.69. The SMILES string of the molecule is O[C@@H]1CCCC[C@H]1[C@H]1CCCN1c1nccn2cnnc12. The summed E-state index contributed by atoms with van der Waals surface area (Å²) in [5, 5.41) is 18.6. The number of rotatable bonds is 2. The van der Waals surface area contributed by atoms with Gasteiger partial charge in [-0.25, -0.2) is 4.98 Å². The highest BCUT2D eigenvalue weighted by Gasteiger charge is 2.38. The average molecular weight is 287 g/mol. The molecule has 3 atom stereocenters. The fourth-order valence-electron chi connectivity index (χ4n) is 4.04. The van der Waals surface area contributed by atoms with E-state index in [-0.39, 0.29) is 6.10 Å². The zero-order valence-corrected chi connectivity index (χ0v) is 12.1. The Morgan fingerprint density at radius 3 is 2.95 bits per heavy atom. The Balaban J connectivity index is 1.68. The van der Waals surface area contributed by atoms with Crippen LogP contribution in [0, 0.1) is 5.92 Å². The first-order valence-corrected chi connectivity index (χ1v) is 7.93. The number of nitrogens with zero attached hydrogens (tertiary/aromatic N) is 5. The van der Waals surface area contributed by atoms with Gasteiger partial charge in [0.25, 0.3) is 0 Å². The molecule has 21 heavy (non-hydrogen) atoms. The monoisotopic (exact) mass is 287 g/mol. The van der Waals surface area contributed by atoms with Crippen molar-refractivity contribution in [2.24, 2.45) is 5.92 Å². The molecule has 0 spiro atoms. The number of fused-ring (bicyclic) bond motifs is 1. The second-order valence-electron chi connectivity index (χ2n) is 6.23. The van der Waals surface area contributed by atoms with Crippen molar-refractivity contribution in [2.75, 3.05) is 11.4 Å². The van der Waals surface area contributed by atoms with Gasteiger partial charge in [-0.15, -0.1) is 10.2 Å². The minimum Gasteiger partial charge on any atom is -0.393 e. The Kier molecular flexibility index (Phi) is 3.25. The minimum absolute atomic E-state index is 0.165. The fourth-order valence-corrected chi connectivity index (χ4v) is 4.04. The van der Waals surface area contributed by atoms with Crippen LogP contribution in [0.25, 0.3) is 5.65 Å². The third-order valence-corrected chi connectivity index (χ3v) is 5.04. The van der Waals surface area contributed by atoms with Crippen molar-refractivity contribution in [3.63, 3.8) is 0 Å². The third-order valence-electron chi connectivity index (χ3n) is 5.04. The van der Waals surface area contributed by atoms with Gasteiger partial charge >= 0.3 is 0 Å². The molecule has 1 saturated heterocycles. The maximum Gasteiger partial charge on any atom is 0.203 e. The maximum atomic E-state index is 10.4. The lowest BCUT2D eigenvalue weighted by molar-refractivity contribution is 0.0565. The quantitative estimate of drug-likeness (QED) is 0.909. The first kappa shape index (κ1) is 13.0. The number of aliphatic hydroxyl groups is 1. The van der Waals surface area contributed by atoms with Crippen LogP contribution in [0.3, 0.4) is 0 Å². The zero-order valence-electron chi connectivity index (χ0n) is 12.1. The summed E-state index contributed by atoms with van der Waals surface area (Å²) >= 11 is 0. The van der Waals surface area contributed by atoms with Gasteiger partial charge in [-0.1, -0.05) is 12.8 Å². The van der Waals surface area contributed by atoms with Crippen molar-refractivity contribution in [1.29, 1.82) is 0 Å². The Morgan fingerprint density at radius 2 is 2.05 bits per heavy atom. The molecule has 0 unspecified atom stereocenters. The Bertz CT molecular complexity index is 627. The van der Waals surface area contributed by atoms with E-state index in [2.05, 4.69) is 20.1 Å². The van der Waals surface area contributed by atoms with Gasteiger partial charge < -0.3 is 10.0 Å². The predicted molar refractivity (Wildman–Crippen MR) is 79.1 cm³/mol. The van der Waals surface area contributed by atoms with Gasteiger partial charge in [-0.05, 0) is 25.7 Å². The summed E-state index contributed by atoms with van der Waals surface area (Å²) in [6, 6.07) is 0.385. The molecule has 112 valence electrons. The molecule has 2 aromatic rings. The van der Waals surface area contributed by atoms with E-state index in [1.807, 2.05) is 10.6 Å². The van der Waals surface area contributed by atoms with Crippen LogP contribution < -0.4 is 4.90 Å². The van der Waals surface area contributed by atoms with Gasteiger partial charge in [0, 0.05) is 30.9 Å². The van der Waals surface area contributed by atoms with Gasteiger partial charge in [-0.2, -0.15) is 0 Å². The van der Waals surface area contributed by atoms with Gasteiger partial charge in [0.15, 0.2) is 5.82 Å². The molecule has 3 heterocycles. The molecule has 1 saturated carbocycles. The highest BCUT2D eigenvalue weighted by Crippen LogP contribution is 2.37. The number of hydrogen-bond donors (Lipinski definition) is 1. The number of aliphatic hydroxyl groups excluding tert-OH is 1. The van der Waals surface area contributed by atoms with Gasteiger partial charge in [0.2, 0.25) is 5.65 Å². The van der Waals surface area contributed by atoms with Gasteiger partial charge in [0.05, 0.1) is 6.10 Å². The molecule has 6 heteroatoms. The van der Waals surface area contributed by atoms with Crippen LogP contribution in [0.15, 0.2) is 18.7 Å². The summed E-state index contributed by atoms with van der Waals surface area (Å²) in [7, 11) is 0. The van der Waals surface area contributed by atoms with E-state index in [4.69, 9.17) is 0 Å². The van der Waals surface area contributed by atoms with Crippen molar-refractivity contribution < 1.29 is 5.11 Å². The summed E-state index contributed by atoms with van der Waals surface area (Å²) in [4.78, 5) is 6.90.